The van der Waals surface area contributed by atoms with E-state index in [1.54, 1.807) is 25.7 Å². The second-order valence-corrected chi connectivity index (χ2v) is 5.52. The van der Waals surface area contributed by atoms with Gasteiger partial charge in [0.05, 0.1) is 0 Å². The molecule has 0 aromatic rings. The van der Waals surface area contributed by atoms with E-state index in [9.17, 15) is 9.59 Å². The molecule has 0 radical (unpaired) electrons. The first-order valence-corrected chi connectivity index (χ1v) is 6.52. The third-order valence-electron chi connectivity index (χ3n) is 2.83. The number of aliphatic carboxylic acids is 1. The Balaban J connectivity index is 4.62. The number of nitrogens with one attached hydrogen (secondary N) is 1. The van der Waals surface area contributed by atoms with Gasteiger partial charge in [0, 0.05) is 13.1 Å². The lowest BCUT2D eigenvalue weighted by Crippen LogP contribution is -2.53. The van der Waals surface area contributed by atoms with Crippen LogP contribution in [0.2, 0.25) is 0 Å². The van der Waals surface area contributed by atoms with Gasteiger partial charge in [-0.15, -0.1) is 0 Å². The van der Waals surface area contributed by atoms with E-state index < -0.39 is 17.4 Å². The maximum Gasteiger partial charge on any atom is 0.326 e. The molecule has 0 fully saturated rings. The third-order valence-corrected chi connectivity index (χ3v) is 2.83. The van der Waals surface area contributed by atoms with Gasteiger partial charge < -0.3 is 15.3 Å². The zero-order chi connectivity index (χ0) is 14.3. The van der Waals surface area contributed by atoms with Gasteiger partial charge in [-0.1, -0.05) is 34.1 Å². The van der Waals surface area contributed by atoms with Crippen LogP contribution in [0.3, 0.4) is 0 Å². The standard InChI is InChI=1S/C13H26N2O3/c1-6-8-9-15(7-2)12(18)14-10(11(16)17)13(3,4)5/h10H,6-9H2,1-5H3,(H,14,18)(H,16,17)/t10-/m0/s1. The number of carboxylic acids is 1. The van der Waals surface area contributed by atoms with Crippen LogP contribution in [0, 0.1) is 5.41 Å². The van der Waals surface area contributed by atoms with Gasteiger partial charge in [-0.25, -0.2) is 9.59 Å². The van der Waals surface area contributed by atoms with E-state index in [0.717, 1.165) is 12.8 Å². The smallest absolute Gasteiger partial charge is 0.326 e. The molecule has 5 nitrogen and oxygen atoms in total. The lowest BCUT2D eigenvalue weighted by molar-refractivity contribution is -0.142. The van der Waals surface area contributed by atoms with Crippen molar-refractivity contribution in [2.75, 3.05) is 13.1 Å². The van der Waals surface area contributed by atoms with Crippen molar-refractivity contribution in [2.45, 2.75) is 53.5 Å². The van der Waals surface area contributed by atoms with Gasteiger partial charge in [0.25, 0.3) is 0 Å². The van der Waals surface area contributed by atoms with Crippen molar-refractivity contribution in [3.63, 3.8) is 0 Å². The molecule has 0 heterocycles. The molecule has 1 atom stereocenters. The highest BCUT2D eigenvalue weighted by Gasteiger charge is 2.33. The monoisotopic (exact) mass is 258 g/mol. The van der Waals surface area contributed by atoms with Crippen LogP contribution in [0.1, 0.15) is 47.5 Å². The van der Waals surface area contributed by atoms with Crippen molar-refractivity contribution in [1.29, 1.82) is 0 Å². The van der Waals surface area contributed by atoms with Crippen LogP contribution in [0.25, 0.3) is 0 Å². The Morgan fingerprint density at radius 2 is 1.83 bits per heavy atom. The van der Waals surface area contributed by atoms with Gasteiger partial charge in [0.15, 0.2) is 0 Å². The minimum atomic E-state index is -0.998. The van der Waals surface area contributed by atoms with Crippen molar-refractivity contribution in [3.05, 3.63) is 0 Å². The summed E-state index contributed by atoms with van der Waals surface area (Å²) in [5.41, 5.74) is -0.508. The summed E-state index contributed by atoms with van der Waals surface area (Å²) in [6.45, 7) is 10.6. The molecule has 2 amide bonds. The van der Waals surface area contributed by atoms with E-state index in [4.69, 9.17) is 5.11 Å². The quantitative estimate of drug-likeness (QED) is 0.768. The topological polar surface area (TPSA) is 69.6 Å². The summed E-state index contributed by atoms with van der Waals surface area (Å²) in [5, 5.41) is 11.8. The highest BCUT2D eigenvalue weighted by molar-refractivity contribution is 5.83. The van der Waals surface area contributed by atoms with Crippen LogP contribution < -0.4 is 5.32 Å². The molecule has 0 rings (SSSR count). The Hall–Kier alpha value is -1.26. The molecule has 0 aliphatic heterocycles. The van der Waals surface area contributed by atoms with Crippen molar-refractivity contribution in [3.8, 4) is 0 Å². The molecule has 2 N–H and O–H groups in total. The number of rotatable bonds is 6. The zero-order valence-corrected chi connectivity index (χ0v) is 12.1. The Morgan fingerprint density at radius 1 is 1.28 bits per heavy atom. The van der Waals surface area contributed by atoms with E-state index >= 15 is 0 Å². The van der Waals surface area contributed by atoms with Gasteiger partial charge in [0.1, 0.15) is 6.04 Å². The van der Waals surface area contributed by atoms with E-state index in [-0.39, 0.29) is 6.03 Å². The number of carbonyl (C=O) groups is 2. The number of amides is 2. The minimum Gasteiger partial charge on any atom is -0.480 e. The summed E-state index contributed by atoms with van der Waals surface area (Å²) in [4.78, 5) is 24.8. The molecule has 0 saturated heterocycles. The predicted octanol–water partition coefficient (Wildman–Crippen LogP) is 2.32. The van der Waals surface area contributed by atoms with Crippen LogP contribution in [0.4, 0.5) is 4.79 Å². The van der Waals surface area contributed by atoms with Crippen molar-refractivity contribution >= 4 is 12.0 Å². The number of hydrogen-bond donors (Lipinski definition) is 2. The van der Waals surface area contributed by atoms with Crippen LogP contribution in [0.5, 0.6) is 0 Å². The molecule has 18 heavy (non-hydrogen) atoms. The fourth-order valence-corrected chi connectivity index (χ4v) is 1.62. The molecule has 0 spiro atoms. The summed E-state index contributed by atoms with van der Waals surface area (Å²) in [7, 11) is 0. The van der Waals surface area contributed by atoms with Crippen molar-refractivity contribution in [2.24, 2.45) is 5.41 Å². The lowest BCUT2D eigenvalue weighted by atomic mass is 9.87. The first-order valence-electron chi connectivity index (χ1n) is 6.52. The maximum absolute atomic E-state index is 12.0. The average Bonchev–Trinajstić information content (AvgIpc) is 2.24. The largest absolute Gasteiger partial charge is 0.480 e. The summed E-state index contributed by atoms with van der Waals surface area (Å²) in [6, 6.07) is -1.17. The zero-order valence-electron chi connectivity index (χ0n) is 12.1. The highest BCUT2D eigenvalue weighted by atomic mass is 16.4. The summed E-state index contributed by atoms with van der Waals surface area (Å²) >= 11 is 0. The molecule has 0 aromatic heterocycles. The first-order chi connectivity index (χ1) is 8.23. The van der Waals surface area contributed by atoms with E-state index in [1.807, 2.05) is 6.92 Å². The lowest BCUT2D eigenvalue weighted by Gasteiger charge is -2.30. The maximum atomic E-state index is 12.0. The molecular formula is C13H26N2O3. The fraction of sp³-hybridized carbons (Fsp3) is 0.846. The fourth-order valence-electron chi connectivity index (χ4n) is 1.62. The molecule has 0 aliphatic carbocycles. The first kappa shape index (κ1) is 16.7. The summed E-state index contributed by atoms with van der Waals surface area (Å²) in [5.74, 6) is -0.998. The Morgan fingerprint density at radius 3 is 2.17 bits per heavy atom. The second kappa shape index (κ2) is 7.24. The molecule has 0 saturated carbocycles. The Bertz CT molecular complexity index is 284. The van der Waals surface area contributed by atoms with E-state index in [2.05, 4.69) is 12.2 Å². The third kappa shape index (κ3) is 5.38. The van der Waals surface area contributed by atoms with Gasteiger partial charge in [0.2, 0.25) is 0 Å². The molecular weight excluding hydrogens is 232 g/mol. The summed E-state index contributed by atoms with van der Waals surface area (Å²) < 4.78 is 0. The van der Waals surface area contributed by atoms with Crippen molar-refractivity contribution in [1.82, 2.24) is 10.2 Å². The van der Waals surface area contributed by atoms with Gasteiger partial charge in [-0.2, -0.15) is 0 Å². The molecule has 0 aliphatic rings. The molecule has 0 bridgehead atoms. The number of nitrogens with zero attached hydrogens (tertiary/aromatic N) is 1. The summed E-state index contributed by atoms with van der Waals surface area (Å²) in [6.07, 6.45) is 1.93. The van der Waals surface area contributed by atoms with Gasteiger partial charge >= 0.3 is 12.0 Å². The minimum absolute atomic E-state index is 0.298. The van der Waals surface area contributed by atoms with Gasteiger partial charge in [-0.05, 0) is 18.8 Å². The van der Waals surface area contributed by atoms with Gasteiger partial charge in [-0.3, -0.25) is 0 Å². The number of carbonyl (C=O) groups excluding carboxylic acids is 1. The number of carboxylic acid groups (broad SMARTS) is 1. The molecule has 0 unspecified atom stereocenters. The normalized spacial score (nSPS) is 12.9. The molecule has 0 aromatic carbocycles. The van der Waals surface area contributed by atoms with Crippen molar-refractivity contribution < 1.29 is 14.7 Å². The van der Waals surface area contributed by atoms with Crippen LogP contribution in [-0.4, -0.2) is 41.1 Å². The number of hydrogen-bond acceptors (Lipinski definition) is 2. The van der Waals surface area contributed by atoms with E-state index in [0.29, 0.717) is 13.1 Å². The SMILES string of the molecule is CCCCN(CC)C(=O)N[C@@H](C(=O)O)C(C)(C)C. The molecule has 5 heteroatoms. The van der Waals surface area contributed by atoms with Crippen LogP contribution in [0.15, 0.2) is 0 Å². The van der Waals surface area contributed by atoms with Crippen LogP contribution in [-0.2, 0) is 4.79 Å². The Kier molecular flexibility index (Phi) is 6.73. The predicted molar refractivity (Wildman–Crippen MR) is 71.6 cm³/mol. The Labute approximate surface area is 110 Å². The number of unbranched alkanes of at least 4 members (excludes halogenated alkanes) is 1. The average molecular weight is 258 g/mol. The second-order valence-electron chi connectivity index (χ2n) is 5.52. The number of urea groups is 1. The highest BCUT2D eigenvalue weighted by Crippen LogP contribution is 2.19. The van der Waals surface area contributed by atoms with E-state index in [1.165, 1.54) is 0 Å². The molecule has 106 valence electrons. The van der Waals surface area contributed by atoms with Crippen LogP contribution >= 0.6 is 0 Å².